The molecule has 6 nitrogen and oxygen atoms in total. The quantitative estimate of drug-likeness (QED) is 0.644. The highest BCUT2D eigenvalue weighted by molar-refractivity contribution is 7.09. The monoisotopic (exact) mass is 457 g/mol. The summed E-state index contributed by atoms with van der Waals surface area (Å²) in [5.74, 6) is 0.860. The van der Waals surface area contributed by atoms with Gasteiger partial charge in [-0.05, 0) is 75.1 Å². The largest absolute Gasteiger partial charge is 0.493 e. The smallest absolute Gasteiger partial charge is 0.358 e. The number of aryl methyl sites for hydroxylation is 2. The van der Waals surface area contributed by atoms with Crippen LogP contribution in [0.5, 0.6) is 5.75 Å². The molecule has 2 heterocycles. The molecule has 1 aliphatic heterocycles. The van der Waals surface area contributed by atoms with Crippen molar-refractivity contribution < 1.29 is 24.1 Å². The molecule has 1 saturated heterocycles. The molecule has 0 amide bonds. The van der Waals surface area contributed by atoms with Crippen LogP contribution < -0.4 is 4.74 Å². The lowest BCUT2D eigenvalue weighted by atomic mass is 9.87. The summed E-state index contributed by atoms with van der Waals surface area (Å²) >= 11 is 1.44. The molecule has 0 bridgehead atoms. The Balaban J connectivity index is 1.19. The van der Waals surface area contributed by atoms with E-state index in [1.807, 2.05) is 13.8 Å². The number of hydrogen-bond donors (Lipinski definition) is 1. The average molecular weight is 458 g/mol. The topological polar surface area (TPSA) is 77.9 Å². The Morgan fingerprint density at radius 1 is 1.28 bits per heavy atom. The lowest BCUT2D eigenvalue weighted by Gasteiger charge is -2.33. The molecule has 5 atom stereocenters. The van der Waals surface area contributed by atoms with Crippen LogP contribution in [-0.4, -0.2) is 41.0 Å². The molecular weight excluding hydrogens is 426 g/mol. The summed E-state index contributed by atoms with van der Waals surface area (Å²) in [6.45, 7) is 4.16. The van der Waals surface area contributed by atoms with Crippen molar-refractivity contribution in [2.75, 3.05) is 6.61 Å². The van der Waals surface area contributed by atoms with Gasteiger partial charge in [-0.2, -0.15) is 0 Å². The van der Waals surface area contributed by atoms with E-state index < -0.39 is 12.1 Å². The summed E-state index contributed by atoms with van der Waals surface area (Å²) in [7, 11) is 0. The summed E-state index contributed by atoms with van der Waals surface area (Å²) in [5, 5.41) is 13.3. The van der Waals surface area contributed by atoms with Crippen molar-refractivity contribution in [1.82, 2.24) is 4.98 Å². The van der Waals surface area contributed by atoms with E-state index in [1.165, 1.54) is 35.3 Å². The number of nitrogens with zero attached hydrogens (tertiary/aromatic N) is 1. The molecule has 2 aliphatic carbocycles. The van der Waals surface area contributed by atoms with E-state index in [0.29, 0.717) is 18.7 Å². The summed E-state index contributed by atoms with van der Waals surface area (Å²) in [5.41, 5.74) is 3.18. The second-order valence-corrected chi connectivity index (χ2v) is 10.4. The fourth-order valence-electron chi connectivity index (χ4n) is 5.38. The SMILES string of the molecule is CC(C)OC(=O)c1csc([C@H]2CC[C@@H]3[C@@H](COc4ccc5c(c4)CCC5)[C@H](O)C[C@@H]3O2)n1. The molecule has 1 N–H and O–H groups in total. The average Bonchev–Trinajstić information content (AvgIpc) is 3.49. The Hall–Kier alpha value is -1.96. The highest BCUT2D eigenvalue weighted by Gasteiger charge is 2.47. The van der Waals surface area contributed by atoms with Crippen molar-refractivity contribution in [3.63, 3.8) is 0 Å². The van der Waals surface area contributed by atoms with Gasteiger partial charge in [0, 0.05) is 17.7 Å². The number of carbonyl (C=O) groups is 1. The number of rotatable bonds is 6. The first-order chi connectivity index (χ1) is 15.5. The number of esters is 1. The lowest BCUT2D eigenvalue weighted by Crippen LogP contribution is -2.33. The molecule has 172 valence electrons. The van der Waals surface area contributed by atoms with Gasteiger partial charge < -0.3 is 19.3 Å². The number of ether oxygens (including phenoxy) is 3. The van der Waals surface area contributed by atoms with Crippen molar-refractivity contribution >= 4 is 17.3 Å². The van der Waals surface area contributed by atoms with E-state index in [-0.39, 0.29) is 30.1 Å². The zero-order chi connectivity index (χ0) is 22.2. The number of aliphatic hydroxyl groups is 1. The van der Waals surface area contributed by atoms with Crippen LogP contribution in [0.2, 0.25) is 0 Å². The van der Waals surface area contributed by atoms with Crippen LogP contribution in [-0.2, 0) is 22.3 Å². The van der Waals surface area contributed by atoms with Crippen LogP contribution >= 0.6 is 11.3 Å². The molecule has 3 aliphatic rings. The summed E-state index contributed by atoms with van der Waals surface area (Å²) in [6, 6.07) is 6.40. The molecule has 0 spiro atoms. The summed E-state index contributed by atoms with van der Waals surface area (Å²) in [4.78, 5) is 16.6. The molecule has 2 aromatic rings. The highest BCUT2D eigenvalue weighted by Crippen LogP contribution is 2.46. The maximum atomic E-state index is 12.1. The maximum Gasteiger partial charge on any atom is 0.358 e. The van der Waals surface area contributed by atoms with Gasteiger partial charge in [-0.25, -0.2) is 9.78 Å². The van der Waals surface area contributed by atoms with E-state index in [4.69, 9.17) is 14.2 Å². The van der Waals surface area contributed by atoms with Crippen LogP contribution in [0, 0.1) is 11.8 Å². The van der Waals surface area contributed by atoms with Crippen molar-refractivity contribution in [1.29, 1.82) is 0 Å². The van der Waals surface area contributed by atoms with Gasteiger partial charge in [-0.15, -0.1) is 11.3 Å². The van der Waals surface area contributed by atoms with Crippen molar-refractivity contribution in [2.45, 2.75) is 76.8 Å². The number of thiazole rings is 1. The van der Waals surface area contributed by atoms with E-state index >= 15 is 0 Å². The fourth-order valence-corrected chi connectivity index (χ4v) is 6.24. The Kier molecular flexibility index (Phi) is 6.23. The zero-order valence-electron chi connectivity index (χ0n) is 18.7. The third kappa shape index (κ3) is 4.43. The van der Waals surface area contributed by atoms with Gasteiger partial charge in [0.2, 0.25) is 0 Å². The zero-order valence-corrected chi connectivity index (χ0v) is 19.5. The Morgan fingerprint density at radius 2 is 2.12 bits per heavy atom. The minimum atomic E-state index is -0.425. The third-order valence-electron chi connectivity index (χ3n) is 6.96. The van der Waals surface area contributed by atoms with Gasteiger partial charge in [0.05, 0.1) is 24.9 Å². The van der Waals surface area contributed by atoms with Crippen molar-refractivity contribution in [2.24, 2.45) is 11.8 Å². The second kappa shape index (κ2) is 9.12. The third-order valence-corrected chi connectivity index (χ3v) is 7.90. The maximum absolute atomic E-state index is 12.1. The van der Waals surface area contributed by atoms with Gasteiger partial charge in [-0.3, -0.25) is 0 Å². The minimum Gasteiger partial charge on any atom is -0.493 e. The second-order valence-electron chi connectivity index (χ2n) is 9.49. The summed E-state index contributed by atoms with van der Waals surface area (Å²) < 4.78 is 17.7. The molecule has 2 fully saturated rings. The van der Waals surface area contributed by atoms with Crippen LogP contribution in [0.25, 0.3) is 0 Å². The van der Waals surface area contributed by atoms with Crippen molar-refractivity contribution in [3.8, 4) is 5.75 Å². The predicted octanol–water partition coefficient (Wildman–Crippen LogP) is 4.49. The molecule has 5 rings (SSSR count). The van der Waals surface area contributed by atoms with Crippen LogP contribution in [0.15, 0.2) is 23.6 Å². The fraction of sp³-hybridized carbons (Fsp3) is 0.600. The standard InChI is InChI=1S/C25H31NO5S/c1-14(2)30-25(28)20-13-32-24(26-20)22-9-8-18-19(21(27)11-23(18)31-22)12-29-17-7-6-15-4-3-5-16(15)10-17/h6-7,10,13-14,18-19,21-23,27H,3-5,8-9,11-12H2,1-2H3/t18-,19-,21-,22-,23+/m1/s1. The normalized spacial score (nSPS) is 29.1. The van der Waals surface area contributed by atoms with Crippen LogP contribution in [0.3, 0.4) is 0 Å². The van der Waals surface area contributed by atoms with Crippen LogP contribution in [0.4, 0.5) is 0 Å². The number of aromatic nitrogens is 1. The predicted molar refractivity (Wildman–Crippen MR) is 121 cm³/mol. The highest BCUT2D eigenvalue weighted by atomic mass is 32.1. The summed E-state index contributed by atoms with van der Waals surface area (Å²) in [6.07, 6.45) is 5.18. The molecule has 7 heteroatoms. The number of carbonyl (C=O) groups excluding carboxylic acids is 1. The Bertz CT molecular complexity index is 973. The molecule has 1 saturated carbocycles. The van der Waals surface area contributed by atoms with E-state index in [0.717, 1.165) is 30.0 Å². The van der Waals surface area contributed by atoms with Crippen molar-refractivity contribution in [3.05, 3.63) is 45.4 Å². The number of aliphatic hydroxyl groups excluding tert-OH is 1. The van der Waals surface area contributed by atoms with E-state index in [9.17, 15) is 9.90 Å². The lowest BCUT2D eigenvalue weighted by molar-refractivity contribution is -0.0812. The van der Waals surface area contributed by atoms with E-state index in [2.05, 4.69) is 23.2 Å². The minimum absolute atomic E-state index is 0.00710. The van der Waals surface area contributed by atoms with Gasteiger partial charge in [-0.1, -0.05) is 6.07 Å². The van der Waals surface area contributed by atoms with Gasteiger partial charge in [0.15, 0.2) is 5.69 Å². The molecule has 1 aromatic heterocycles. The number of hydrogen-bond acceptors (Lipinski definition) is 7. The number of benzene rings is 1. The van der Waals surface area contributed by atoms with Gasteiger partial charge in [0.1, 0.15) is 16.9 Å². The molecule has 1 aromatic carbocycles. The first-order valence-corrected chi connectivity index (χ1v) is 12.6. The first kappa shape index (κ1) is 21.9. The first-order valence-electron chi connectivity index (χ1n) is 11.7. The Labute approximate surface area is 192 Å². The van der Waals surface area contributed by atoms with Crippen LogP contribution in [0.1, 0.15) is 72.3 Å². The number of fused-ring (bicyclic) bond motifs is 2. The molecule has 32 heavy (non-hydrogen) atoms. The molecule has 0 unspecified atom stereocenters. The van der Waals surface area contributed by atoms with Gasteiger partial charge in [0.25, 0.3) is 0 Å². The van der Waals surface area contributed by atoms with E-state index in [1.54, 1.807) is 5.38 Å². The molecular formula is C25H31NO5S. The Morgan fingerprint density at radius 3 is 2.97 bits per heavy atom. The molecule has 0 radical (unpaired) electrons. The van der Waals surface area contributed by atoms with Gasteiger partial charge >= 0.3 is 5.97 Å².